The van der Waals surface area contributed by atoms with Crippen LogP contribution in [-0.4, -0.2) is 28.9 Å². The Hall–Kier alpha value is -1.59. The Balaban J connectivity index is 4.19. The van der Waals surface area contributed by atoms with E-state index in [0.717, 1.165) is 0 Å². The van der Waals surface area contributed by atoms with E-state index < -0.39 is 22.9 Å². The molecule has 1 amide bonds. The van der Waals surface area contributed by atoms with E-state index >= 15 is 0 Å². The number of halogens is 1. The molecule has 0 unspecified atom stereocenters. The largest absolute Gasteiger partial charge is 0.477 e. The number of hydrogen-bond acceptors (Lipinski definition) is 3. The van der Waals surface area contributed by atoms with Gasteiger partial charge < -0.3 is 9.84 Å². The van der Waals surface area contributed by atoms with E-state index in [2.05, 4.69) is 11.3 Å². The van der Waals surface area contributed by atoms with Crippen LogP contribution in [0.3, 0.4) is 0 Å². The van der Waals surface area contributed by atoms with Crippen LogP contribution in [0, 0.1) is 0 Å². The molecule has 1 N–H and O–H groups in total. The van der Waals surface area contributed by atoms with Crippen molar-refractivity contribution in [3.05, 3.63) is 12.3 Å². The number of carboxylic acids is 1. The standard InChI is InChI=1S/C6H8FNO4/c1-3-12-6(11)8(7)4(2)5(9)10/h2-3H2,1H3,(H,9,10). The van der Waals surface area contributed by atoms with Crippen molar-refractivity contribution >= 4 is 12.1 Å². The number of rotatable bonds is 3. The normalized spacial score (nSPS) is 8.83. The number of carbonyl (C=O) groups is 2. The summed E-state index contributed by atoms with van der Waals surface area (Å²) in [6.07, 6.45) is -1.38. The van der Waals surface area contributed by atoms with Gasteiger partial charge in [0.25, 0.3) is 0 Å². The van der Waals surface area contributed by atoms with Crippen molar-refractivity contribution in [1.82, 2.24) is 5.12 Å². The second-order valence-corrected chi connectivity index (χ2v) is 1.73. The monoisotopic (exact) mass is 177 g/mol. The summed E-state index contributed by atoms with van der Waals surface area (Å²) in [5.74, 6) is -1.62. The van der Waals surface area contributed by atoms with Gasteiger partial charge in [-0.2, -0.15) is 0 Å². The van der Waals surface area contributed by atoms with Crippen molar-refractivity contribution < 1.29 is 23.9 Å². The first kappa shape index (κ1) is 10.4. The average Bonchev–Trinajstić information content (AvgIpc) is 2.02. The molecular formula is C6H8FNO4. The maximum Gasteiger partial charge on any atom is 0.443 e. The van der Waals surface area contributed by atoms with Crippen LogP contribution in [-0.2, 0) is 9.53 Å². The minimum absolute atomic E-state index is 0.0356. The van der Waals surface area contributed by atoms with Crippen LogP contribution in [0.15, 0.2) is 12.3 Å². The van der Waals surface area contributed by atoms with Gasteiger partial charge in [-0.15, -0.1) is 5.12 Å². The van der Waals surface area contributed by atoms with Gasteiger partial charge in [-0.1, -0.05) is 11.1 Å². The molecule has 0 saturated carbocycles. The number of hydrogen-bond donors (Lipinski definition) is 1. The predicted molar refractivity (Wildman–Crippen MR) is 36.7 cm³/mol. The molecule has 0 rings (SSSR count). The van der Waals surface area contributed by atoms with Gasteiger partial charge in [-0.3, -0.25) is 0 Å². The molecule has 0 aromatic heterocycles. The summed E-state index contributed by atoms with van der Waals surface area (Å²) < 4.78 is 16.7. The number of carbonyl (C=O) groups excluding carboxylic acids is 1. The predicted octanol–water partition coefficient (Wildman–Crippen LogP) is 0.928. The molecule has 0 aromatic carbocycles. The average molecular weight is 177 g/mol. The van der Waals surface area contributed by atoms with Gasteiger partial charge in [-0.25, -0.2) is 9.59 Å². The van der Waals surface area contributed by atoms with Gasteiger partial charge in [0.15, 0.2) is 5.70 Å². The lowest BCUT2D eigenvalue weighted by atomic mass is 10.5. The first-order valence-electron chi connectivity index (χ1n) is 3.05. The zero-order chi connectivity index (χ0) is 9.72. The quantitative estimate of drug-likeness (QED) is 0.514. The van der Waals surface area contributed by atoms with Crippen molar-refractivity contribution in [2.45, 2.75) is 6.92 Å². The molecule has 12 heavy (non-hydrogen) atoms. The summed E-state index contributed by atoms with van der Waals surface area (Å²) in [7, 11) is 0. The van der Waals surface area contributed by atoms with Crippen LogP contribution in [0.25, 0.3) is 0 Å². The van der Waals surface area contributed by atoms with Gasteiger partial charge >= 0.3 is 12.1 Å². The minimum Gasteiger partial charge on any atom is -0.477 e. The number of nitrogens with zero attached hydrogens (tertiary/aromatic N) is 1. The molecule has 6 heteroatoms. The fourth-order valence-electron chi connectivity index (χ4n) is 0.374. The molecule has 0 saturated heterocycles. The molecule has 0 bridgehead atoms. The van der Waals surface area contributed by atoms with Crippen molar-refractivity contribution in [3.8, 4) is 0 Å². The van der Waals surface area contributed by atoms with E-state index in [1.807, 2.05) is 0 Å². The summed E-state index contributed by atoms with van der Waals surface area (Å²) in [4.78, 5) is 20.6. The summed E-state index contributed by atoms with van der Waals surface area (Å²) >= 11 is 0. The maximum absolute atomic E-state index is 12.5. The molecule has 0 heterocycles. The van der Waals surface area contributed by atoms with Crippen molar-refractivity contribution in [1.29, 1.82) is 0 Å². The summed E-state index contributed by atoms with van der Waals surface area (Å²) in [6.45, 7) is 4.24. The molecule has 0 spiro atoms. The molecule has 5 nitrogen and oxygen atoms in total. The van der Waals surface area contributed by atoms with Gasteiger partial charge in [0.1, 0.15) is 0 Å². The molecule has 0 aliphatic rings. The smallest absolute Gasteiger partial charge is 0.443 e. The van der Waals surface area contributed by atoms with E-state index in [1.165, 1.54) is 6.92 Å². The summed E-state index contributed by atoms with van der Waals surface area (Å²) in [5, 5.41) is 7.52. The lowest BCUT2D eigenvalue weighted by Crippen LogP contribution is -2.26. The number of amides is 1. The SMILES string of the molecule is C=C(C(=O)O)N(F)C(=O)OCC. The topological polar surface area (TPSA) is 66.8 Å². The summed E-state index contributed by atoms with van der Waals surface area (Å²) in [6, 6.07) is 0. The Bertz CT molecular complexity index is 216. The highest BCUT2D eigenvalue weighted by Gasteiger charge is 2.22. The first-order chi connectivity index (χ1) is 5.50. The van der Waals surface area contributed by atoms with Crippen LogP contribution in [0.5, 0.6) is 0 Å². The van der Waals surface area contributed by atoms with Crippen molar-refractivity contribution in [3.63, 3.8) is 0 Å². The highest BCUT2D eigenvalue weighted by atomic mass is 19.2. The van der Waals surface area contributed by atoms with Crippen LogP contribution < -0.4 is 0 Å². The number of carboxylic acid groups (broad SMARTS) is 1. The van der Waals surface area contributed by atoms with Crippen LogP contribution in [0.4, 0.5) is 9.28 Å². The lowest BCUT2D eigenvalue weighted by Gasteiger charge is -2.09. The molecule has 0 radical (unpaired) electrons. The summed E-state index contributed by atoms with van der Waals surface area (Å²) in [5.41, 5.74) is -0.978. The Morgan fingerprint density at radius 1 is 1.67 bits per heavy atom. The van der Waals surface area contributed by atoms with E-state index in [9.17, 15) is 14.1 Å². The lowest BCUT2D eigenvalue weighted by molar-refractivity contribution is -0.136. The molecular weight excluding hydrogens is 169 g/mol. The third-order valence-electron chi connectivity index (χ3n) is 0.912. The maximum atomic E-state index is 12.5. The highest BCUT2D eigenvalue weighted by Crippen LogP contribution is 2.04. The van der Waals surface area contributed by atoms with Gasteiger partial charge in [0.2, 0.25) is 0 Å². The fourth-order valence-corrected chi connectivity index (χ4v) is 0.374. The molecule has 0 fully saturated rings. The van der Waals surface area contributed by atoms with E-state index in [4.69, 9.17) is 5.11 Å². The van der Waals surface area contributed by atoms with Gasteiger partial charge in [0.05, 0.1) is 6.61 Å². The van der Waals surface area contributed by atoms with E-state index in [1.54, 1.807) is 0 Å². The highest BCUT2D eigenvalue weighted by molar-refractivity contribution is 5.89. The third kappa shape index (κ3) is 2.57. The third-order valence-corrected chi connectivity index (χ3v) is 0.912. The van der Waals surface area contributed by atoms with Gasteiger partial charge in [0, 0.05) is 0 Å². The zero-order valence-corrected chi connectivity index (χ0v) is 6.41. The zero-order valence-electron chi connectivity index (χ0n) is 6.41. The molecule has 0 aliphatic heterocycles. The molecule has 0 aliphatic carbocycles. The molecule has 0 aromatic rings. The molecule has 68 valence electrons. The Labute approximate surface area is 68.0 Å². The van der Waals surface area contributed by atoms with Crippen molar-refractivity contribution in [2.75, 3.05) is 6.61 Å². The Kier molecular flexibility index (Phi) is 3.75. The molecule has 0 atom stereocenters. The van der Waals surface area contributed by atoms with Gasteiger partial charge in [-0.05, 0) is 6.92 Å². The first-order valence-corrected chi connectivity index (χ1v) is 3.05. The van der Waals surface area contributed by atoms with E-state index in [-0.39, 0.29) is 6.61 Å². The fraction of sp³-hybridized carbons (Fsp3) is 0.333. The Morgan fingerprint density at radius 3 is 2.50 bits per heavy atom. The van der Waals surface area contributed by atoms with Crippen LogP contribution >= 0.6 is 0 Å². The van der Waals surface area contributed by atoms with Crippen LogP contribution in [0.1, 0.15) is 6.92 Å². The van der Waals surface area contributed by atoms with E-state index in [0.29, 0.717) is 0 Å². The Morgan fingerprint density at radius 2 is 2.17 bits per heavy atom. The second-order valence-electron chi connectivity index (χ2n) is 1.73. The van der Waals surface area contributed by atoms with Crippen molar-refractivity contribution in [2.24, 2.45) is 0 Å². The van der Waals surface area contributed by atoms with Crippen LogP contribution in [0.2, 0.25) is 0 Å². The number of aliphatic carboxylic acids is 1. The second kappa shape index (κ2) is 4.32. The number of ether oxygens (including phenoxy) is 1. The minimum atomic E-state index is -1.62.